The van der Waals surface area contributed by atoms with Crippen molar-refractivity contribution in [1.29, 1.82) is 5.26 Å². The van der Waals surface area contributed by atoms with Crippen LogP contribution in [0.15, 0.2) is 0 Å². The zero-order valence-corrected chi connectivity index (χ0v) is 12.2. The van der Waals surface area contributed by atoms with E-state index in [4.69, 9.17) is 0 Å². The highest BCUT2D eigenvalue weighted by molar-refractivity contribution is 5.01. The molecule has 2 fully saturated rings. The molecule has 0 aromatic carbocycles. The van der Waals surface area contributed by atoms with Gasteiger partial charge in [0.05, 0.1) is 12.0 Å². The molecule has 102 valence electrons. The highest BCUT2D eigenvalue weighted by Crippen LogP contribution is 2.39. The minimum absolute atomic E-state index is 0.280. The molecule has 1 aliphatic heterocycles. The fraction of sp³-hybridized carbons (Fsp3) is 0.938. The lowest BCUT2D eigenvalue weighted by atomic mass is 9.76. The van der Waals surface area contributed by atoms with Crippen LogP contribution in [-0.4, -0.2) is 23.0 Å². The maximum atomic E-state index is 9.45. The molecule has 2 rings (SSSR count). The van der Waals surface area contributed by atoms with Gasteiger partial charge in [0, 0.05) is 18.1 Å². The SMILES string of the molecule is CCC1CCC(C#N)C(N2C(C)CCC2CC)C1. The smallest absolute Gasteiger partial charge is 0.0672 e. The molecule has 0 bridgehead atoms. The second-order valence-electron chi connectivity index (χ2n) is 6.33. The van der Waals surface area contributed by atoms with Crippen molar-refractivity contribution < 1.29 is 0 Å². The van der Waals surface area contributed by atoms with Crippen LogP contribution in [0.2, 0.25) is 0 Å². The first-order chi connectivity index (χ1) is 8.71. The summed E-state index contributed by atoms with van der Waals surface area (Å²) in [7, 11) is 0. The van der Waals surface area contributed by atoms with E-state index in [1.807, 2.05) is 0 Å². The molecule has 0 radical (unpaired) electrons. The molecule has 0 N–H and O–H groups in total. The molecule has 1 saturated carbocycles. The van der Waals surface area contributed by atoms with Crippen LogP contribution in [0.4, 0.5) is 0 Å². The van der Waals surface area contributed by atoms with Gasteiger partial charge in [-0.05, 0) is 51.4 Å². The summed E-state index contributed by atoms with van der Waals surface area (Å²) >= 11 is 0. The number of rotatable bonds is 3. The fourth-order valence-electron chi connectivity index (χ4n) is 4.19. The normalized spacial score (nSPS) is 41.8. The van der Waals surface area contributed by atoms with Gasteiger partial charge in [-0.2, -0.15) is 5.26 Å². The Balaban J connectivity index is 2.14. The monoisotopic (exact) mass is 248 g/mol. The average molecular weight is 248 g/mol. The van der Waals surface area contributed by atoms with Gasteiger partial charge in [-0.15, -0.1) is 0 Å². The Morgan fingerprint density at radius 3 is 2.50 bits per heavy atom. The maximum Gasteiger partial charge on any atom is 0.0672 e. The molecule has 0 spiro atoms. The van der Waals surface area contributed by atoms with E-state index in [0.717, 1.165) is 18.4 Å². The van der Waals surface area contributed by atoms with Crippen LogP contribution in [-0.2, 0) is 0 Å². The Morgan fingerprint density at radius 1 is 1.11 bits per heavy atom. The Morgan fingerprint density at radius 2 is 1.89 bits per heavy atom. The predicted octanol–water partition coefficient (Wildman–Crippen LogP) is 3.97. The van der Waals surface area contributed by atoms with Crippen LogP contribution in [0, 0.1) is 23.2 Å². The first kappa shape index (κ1) is 13.9. The van der Waals surface area contributed by atoms with Gasteiger partial charge in [-0.3, -0.25) is 4.90 Å². The lowest BCUT2D eigenvalue weighted by Crippen LogP contribution is -2.49. The minimum Gasteiger partial charge on any atom is -0.293 e. The molecule has 18 heavy (non-hydrogen) atoms. The molecule has 5 atom stereocenters. The van der Waals surface area contributed by atoms with Gasteiger partial charge in [0.1, 0.15) is 0 Å². The zero-order valence-electron chi connectivity index (χ0n) is 12.2. The largest absolute Gasteiger partial charge is 0.293 e. The maximum absolute atomic E-state index is 9.45. The van der Waals surface area contributed by atoms with Crippen molar-refractivity contribution in [3.8, 4) is 6.07 Å². The topological polar surface area (TPSA) is 27.0 Å². The standard InChI is InChI=1S/C16H28N2/c1-4-13-7-8-14(11-17)16(10-13)18-12(3)6-9-15(18)5-2/h12-16H,4-10H2,1-3H3. The molecular formula is C16H28N2. The third kappa shape index (κ3) is 2.57. The fourth-order valence-corrected chi connectivity index (χ4v) is 4.19. The summed E-state index contributed by atoms with van der Waals surface area (Å²) in [6, 6.07) is 4.56. The van der Waals surface area contributed by atoms with Crippen molar-refractivity contribution in [2.45, 2.75) is 83.8 Å². The van der Waals surface area contributed by atoms with E-state index in [9.17, 15) is 5.26 Å². The second kappa shape index (κ2) is 6.06. The van der Waals surface area contributed by atoms with E-state index in [2.05, 4.69) is 31.7 Å². The quantitative estimate of drug-likeness (QED) is 0.755. The Kier molecular flexibility index (Phi) is 4.67. The molecule has 1 aliphatic carbocycles. The number of nitriles is 1. The Labute approximate surface area is 112 Å². The minimum atomic E-state index is 0.280. The third-order valence-corrected chi connectivity index (χ3v) is 5.37. The summed E-state index contributed by atoms with van der Waals surface area (Å²) in [6.07, 6.45) is 8.84. The molecule has 2 aliphatic rings. The van der Waals surface area contributed by atoms with Crippen LogP contribution in [0.25, 0.3) is 0 Å². The average Bonchev–Trinajstić information content (AvgIpc) is 2.78. The molecule has 0 aromatic rings. The van der Waals surface area contributed by atoms with Gasteiger partial charge < -0.3 is 0 Å². The van der Waals surface area contributed by atoms with Crippen LogP contribution in [0.5, 0.6) is 0 Å². The molecule has 1 saturated heterocycles. The summed E-state index contributed by atoms with van der Waals surface area (Å²) in [5.74, 6) is 1.13. The Hall–Kier alpha value is -0.550. The summed E-state index contributed by atoms with van der Waals surface area (Å²) in [5, 5.41) is 9.45. The molecule has 5 unspecified atom stereocenters. The van der Waals surface area contributed by atoms with E-state index in [0.29, 0.717) is 12.1 Å². The van der Waals surface area contributed by atoms with Gasteiger partial charge >= 0.3 is 0 Å². The molecule has 2 nitrogen and oxygen atoms in total. The number of likely N-dealkylation sites (tertiary alicyclic amines) is 1. The van der Waals surface area contributed by atoms with Crippen molar-refractivity contribution in [3.05, 3.63) is 0 Å². The van der Waals surface area contributed by atoms with Crippen molar-refractivity contribution in [3.63, 3.8) is 0 Å². The van der Waals surface area contributed by atoms with Gasteiger partial charge in [0.15, 0.2) is 0 Å². The van der Waals surface area contributed by atoms with E-state index in [-0.39, 0.29) is 5.92 Å². The summed E-state index contributed by atoms with van der Waals surface area (Å²) in [4.78, 5) is 2.72. The van der Waals surface area contributed by atoms with E-state index in [1.54, 1.807) is 0 Å². The van der Waals surface area contributed by atoms with Crippen LogP contribution >= 0.6 is 0 Å². The molecule has 0 aromatic heterocycles. The number of hydrogen-bond donors (Lipinski definition) is 0. The summed E-state index contributed by atoms with van der Waals surface area (Å²) in [5.41, 5.74) is 0. The highest BCUT2D eigenvalue weighted by atomic mass is 15.2. The lowest BCUT2D eigenvalue weighted by Gasteiger charge is -2.43. The van der Waals surface area contributed by atoms with Crippen LogP contribution < -0.4 is 0 Å². The zero-order chi connectivity index (χ0) is 13.1. The molecule has 0 amide bonds. The van der Waals surface area contributed by atoms with Crippen molar-refractivity contribution >= 4 is 0 Å². The molecule has 2 heteroatoms. The van der Waals surface area contributed by atoms with Gasteiger partial charge in [0.2, 0.25) is 0 Å². The summed E-state index contributed by atoms with van der Waals surface area (Å²) in [6.45, 7) is 6.97. The second-order valence-corrected chi connectivity index (χ2v) is 6.33. The first-order valence-electron chi connectivity index (χ1n) is 7.88. The van der Waals surface area contributed by atoms with Crippen molar-refractivity contribution in [2.75, 3.05) is 0 Å². The van der Waals surface area contributed by atoms with Crippen LogP contribution in [0.3, 0.4) is 0 Å². The van der Waals surface area contributed by atoms with Crippen LogP contribution in [0.1, 0.15) is 65.7 Å². The van der Waals surface area contributed by atoms with E-state index >= 15 is 0 Å². The van der Waals surface area contributed by atoms with Gasteiger partial charge in [0.25, 0.3) is 0 Å². The molecular weight excluding hydrogens is 220 g/mol. The lowest BCUT2D eigenvalue weighted by molar-refractivity contribution is 0.0600. The Bertz CT molecular complexity index is 307. The van der Waals surface area contributed by atoms with Crippen molar-refractivity contribution in [1.82, 2.24) is 4.90 Å². The van der Waals surface area contributed by atoms with E-state index in [1.165, 1.54) is 38.5 Å². The number of nitrogens with zero attached hydrogens (tertiary/aromatic N) is 2. The highest BCUT2D eigenvalue weighted by Gasteiger charge is 2.41. The van der Waals surface area contributed by atoms with Gasteiger partial charge in [-0.25, -0.2) is 0 Å². The van der Waals surface area contributed by atoms with Gasteiger partial charge in [-0.1, -0.05) is 20.3 Å². The number of hydrogen-bond acceptors (Lipinski definition) is 2. The first-order valence-corrected chi connectivity index (χ1v) is 7.88. The summed E-state index contributed by atoms with van der Waals surface area (Å²) < 4.78 is 0. The third-order valence-electron chi connectivity index (χ3n) is 5.37. The van der Waals surface area contributed by atoms with Crippen molar-refractivity contribution in [2.24, 2.45) is 11.8 Å². The van der Waals surface area contributed by atoms with E-state index < -0.39 is 0 Å². The predicted molar refractivity (Wildman–Crippen MR) is 75.1 cm³/mol. The molecule has 1 heterocycles.